The molecule has 0 radical (unpaired) electrons. The van der Waals surface area contributed by atoms with E-state index >= 15 is 0 Å². The predicted octanol–water partition coefficient (Wildman–Crippen LogP) is -0.846. The molecule has 0 spiro atoms. The summed E-state index contributed by atoms with van der Waals surface area (Å²) in [6.07, 6.45) is -2.27. The van der Waals surface area contributed by atoms with Crippen molar-refractivity contribution in [1.82, 2.24) is 19.5 Å². The average molecular weight is 405 g/mol. The van der Waals surface area contributed by atoms with Crippen molar-refractivity contribution in [1.29, 1.82) is 0 Å². The van der Waals surface area contributed by atoms with E-state index in [9.17, 15) is 9.67 Å². The average Bonchev–Trinajstić information content (AvgIpc) is 3.15. The molecule has 0 aromatic carbocycles. The maximum Gasteiger partial charge on any atom is 0.469 e. The van der Waals surface area contributed by atoms with Crippen LogP contribution in [0.1, 0.15) is 13.2 Å². The molecule has 3 heterocycles. The third-order valence-electron chi connectivity index (χ3n) is 4.06. The molecule has 1 fully saturated rings. The monoisotopic (exact) mass is 405 g/mol. The highest BCUT2D eigenvalue weighted by Gasteiger charge is 2.47. The predicted molar refractivity (Wildman–Crippen MR) is 89.0 cm³/mol. The van der Waals surface area contributed by atoms with Crippen molar-refractivity contribution in [2.45, 2.75) is 37.8 Å². The van der Waals surface area contributed by atoms with Crippen LogP contribution >= 0.6 is 7.82 Å². The summed E-state index contributed by atoms with van der Waals surface area (Å²) < 4.78 is 33.4. The standard InChI is InChI=1S/C13H20N5O8P/c1-6(23-2)25-10-9(19)7(3-24-27(20,21)22)26-13(10)18-5-17-8-11(14)15-4-16-12(8)18/h4-7,9-10,13,19H,3H2,1-2H3,(H2,14,15,16)(H2,20,21,22)/t6?,7-,9-,10-,13-/m1/s1. The fraction of sp³-hybridized carbons (Fsp3) is 0.615. The second-order valence-corrected chi connectivity index (χ2v) is 7.07. The van der Waals surface area contributed by atoms with Crippen molar-refractivity contribution in [2.24, 2.45) is 0 Å². The minimum absolute atomic E-state index is 0.168. The van der Waals surface area contributed by atoms with Crippen molar-refractivity contribution in [3.63, 3.8) is 0 Å². The number of nitrogens with two attached hydrogens (primary N) is 1. The van der Waals surface area contributed by atoms with Gasteiger partial charge in [0.2, 0.25) is 0 Å². The lowest BCUT2D eigenvalue weighted by molar-refractivity contribution is -0.181. The second kappa shape index (κ2) is 7.73. The van der Waals surface area contributed by atoms with Gasteiger partial charge in [0.1, 0.15) is 30.2 Å². The molecule has 2 aromatic rings. The summed E-state index contributed by atoms with van der Waals surface area (Å²) in [7, 11) is -3.31. The Kier molecular flexibility index (Phi) is 5.74. The summed E-state index contributed by atoms with van der Waals surface area (Å²) in [4.78, 5) is 29.9. The lowest BCUT2D eigenvalue weighted by atomic mass is 10.1. The minimum atomic E-state index is -4.74. The van der Waals surface area contributed by atoms with Gasteiger partial charge in [0.15, 0.2) is 24.0 Å². The molecule has 3 rings (SSSR count). The number of methoxy groups -OCH3 is 1. The Morgan fingerprint density at radius 1 is 1.41 bits per heavy atom. The smallest absolute Gasteiger partial charge is 0.387 e. The first-order valence-corrected chi connectivity index (χ1v) is 9.39. The summed E-state index contributed by atoms with van der Waals surface area (Å²) in [5.74, 6) is 0.168. The van der Waals surface area contributed by atoms with E-state index in [0.29, 0.717) is 11.2 Å². The highest BCUT2D eigenvalue weighted by Crippen LogP contribution is 2.39. The number of hydrogen-bond donors (Lipinski definition) is 4. The zero-order valence-electron chi connectivity index (χ0n) is 14.4. The molecule has 0 amide bonds. The number of rotatable bonds is 7. The van der Waals surface area contributed by atoms with Crippen LogP contribution in [-0.4, -0.2) is 72.7 Å². The molecular formula is C13H20N5O8P. The lowest BCUT2D eigenvalue weighted by Gasteiger charge is -2.24. The summed E-state index contributed by atoms with van der Waals surface area (Å²) in [6, 6.07) is 0. The Morgan fingerprint density at radius 2 is 2.15 bits per heavy atom. The molecule has 1 unspecified atom stereocenters. The van der Waals surface area contributed by atoms with E-state index in [-0.39, 0.29) is 5.82 Å². The SMILES string of the molecule is COC(C)O[C@@H]1[C@H](O)[C@@H](COP(=O)(O)O)O[C@H]1n1cnc2c(N)ncnc21. The minimum Gasteiger partial charge on any atom is -0.387 e. The number of aromatic nitrogens is 4. The summed E-state index contributed by atoms with van der Waals surface area (Å²) >= 11 is 0. The third kappa shape index (κ3) is 4.25. The molecular weight excluding hydrogens is 385 g/mol. The van der Waals surface area contributed by atoms with Crippen LogP contribution in [0.4, 0.5) is 5.82 Å². The van der Waals surface area contributed by atoms with Gasteiger partial charge >= 0.3 is 7.82 Å². The van der Waals surface area contributed by atoms with Crippen molar-refractivity contribution in [3.05, 3.63) is 12.7 Å². The largest absolute Gasteiger partial charge is 0.469 e. The Labute approximate surface area is 153 Å². The highest BCUT2D eigenvalue weighted by atomic mass is 31.2. The Bertz CT molecular complexity index is 843. The van der Waals surface area contributed by atoms with Crippen LogP contribution in [0.25, 0.3) is 11.2 Å². The summed E-state index contributed by atoms with van der Waals surface area (Å²) in [5, 5.41) is 10.6. The molecule has 5 N–H and O–H groups in total. The van der Waals surface area contributed by atoms with Crippen LogP contribution in [0.5, 0.6) is 0 Å². The number of nitrogen functional groups attached to an aromatic ring is 1. The number of ether oxygens (including phenoxy) is 3. The number of aliphatic hydroxyl groups excluding tert-OH is 1. The molecule has 5 atom stereocenters. The van der Waals surface area contributed by atoms with Gasteiger partial charge in [0.25, 0.3) is 0 Å². The third-order valence-corrected chi connectivity index (χ3v) is 4.55. The van der Waals surface area contributed by atoms with E-state index < -0.39 is 45.3 Å². The van der Waals surface area contributed by atoms with E-state index in [1.807, 2.05) is 0 Å². The van der Waals surface area contributed by atoms with E-state index in [2.05, 4.69) is 19.5 Å². The molecule has 27 heavy (non-hydrogen) atoms. The van der Waals surface area contributed by atoms with Gasteiger partial charge in [-0.1, -0.05) is 0 Å². The molecule has 14 heteroatoms. The van der Waals surface area contributed by atoms with Crippen molar-refractivity contribution in [2.75, 3.05) is 19.5 Å². The van der Waals surface area contributed by atoms with Crippen LogP contribution < -0.4 is 5.73 Å². The molecule has 2 aromatic heterocycles. The number of aliphatic hydroxyl groups is 1. The van der Waals surface area contributed by atoms with Crippen LogP contribution in [0.15, 0.2) is 12.7 Å². The molecule has 1 aliphatic rings. The second-order valence-electron chi connectivity index (χ2n) is 5.83. The normalized spacial score (nSPS) is 27.3. The number of fused-ring (bicyclic) bond motifs is 1. The Hall–Kier alpha value is -1.70. The van der Waals surface area contributed by atoms with Crippen LogP contribution in [-0.2, 0) is 23.3 Å². The quantitative estimate of drug-likeness (QED) is 0.331. The van der Waals surface area contributed by atoms with Gasteiger partial charge in [-0.2, -0.15) is 0 Å². The number of imidazole rings is 1. The fourth-order valence-electron chi connectivity index (χ4n) is 2.73. The highest BCUT2D eigenvalue weighted by molar-refractivity contribution is 7.46. The molecule has 0 aliphatic carbocycles. The van der Waals surface area contributed by atoms with Crippen LogP contribution in [0.3, 0.4) is 0 Å². The zero-order chi connectivity index (χ0) is 19.8. The Morgan fingerprint density at radius 3 is 2.81 bits per heavy atom. The van der Waals surface area contributed by atoms with Gasteiger partial charge in [-0.05, 0) is 6.92 Å². The molecule has 0 bridgehead atoms. The lowest BCUT2D eigenvalue weighted by Crippen LogP contribution is -2.38. The maximum atomic E-state index is 11.0. The molecule has 1 saturated heterocycles. The van der Waals surface area contributed by atoms with Gasteiger partial charge in [0, 0.05) is 7.11 Å². The van der Waals surface area contributed by atoms with E-state index in [1.165, 1.54) is 24.3 Å². The number of hydrogen-bond acceptors (Lipinski definition) is 10. The topological polar surface area (TPSA) is 184 Å². The van der Waals surface area contributed by atoms with Gasteiger partial charge in [-0.15, -0.1) is 0 Å². The summed E-state index contributed by atoms with van der Waals surface area (Å²) in [6.45, 7) is 1.07. The number of phosphoric acid groups is 1. The van der Waals surface area contributed by atoms with Crippen molar-refractivity contribution < 1.29 is 38.2 Å². The van der Waals surface area contributed by atoms with Crippen molar-refractivity contribution >= 4 is 24.8 Å². The maximum absolute atomic E-state index is 11.0. The van der Waals surface area contributed by atoms with Gasteiger partial charge in [-0.25, -0.2) is 19.5 Å². The van der Waals surface area contributed by atoms with E-state index in [0.717, 1.165) is 0 Å². The zero-order valence-corrected chi connectivity index (χ0v) is 15.3. The first kappa shape index (κ1) is 20.0. The van der Waals surface area contributed by atoms with Gasteiger partial charge in [0.05, 0.1) is 12.9 Å². The van der Waals surface area contributed by atoms with Crippen LogP contribution in [0.2, 0.25) is 0 Å². The van der Waals surface area contributed by atoms with Crippen molar-refractivity contribution in [3.8, 4) is 0 Å². The summed E-state index contributed by atoms with van der Waals surface area (Å²) in [5.41, 5.74) is 6.46. The molecule has 150 valence electrons. The molecule has 0 saturated carbocycles. The van der Waals surface area contributed by atoms with Gasteiger partial charge < -0.3 is 34.8 Å². The van der Waals surface area contributed by atoms with E-state index in [1.54, 1.807) is 6.92 Å². The number of anilines is 1. The Balaban J connectivity index is 1.92. The van der Waals surface area contributed by atoms with E-state index in [4.69, 9.17) is 29.7 Å². The fourth-order valence-corrected chi connectivity index (χ4v) is 3.07. The number of phosphoric ester groups is 1. The number of nitrogens with zero attached hydrogens (tertiary/aromatic N) is 4. The van der Waals surface area contributed by atoms with Crippen LogP contribution in [0, 0.1) is 0 Å². The first-order valence-electron chi connectivity index (χ1n) is 7.86. The first-order chi connectivity index (χ1) is 12.7. The molecule has 1 aliphatic heterocycles. The van der Waals surface area contributed by atoms with Gasteiger partial charge in [-0.3, -0.25) is 9.09 Å². The molecule has 13 nitrogen and oxygen atoms in total.